The molecule has 1 heterocycles. The van der Waals surface area contributed by atoms with Gasteiger partial charge in [0.2, 0.25) is 0 Å². The number of nitrogens with zero attached hydrogens (tertiary/aromatic N) is 1. The largest absolute Gasteiger partial charge is 0.493 e. The molecule has 2 aromatic rings. The van der Waals surface area contributed by atoms with Gasteiger partial charge in [0.05, 0.1) is 13.2 Å². The fourth-order valence-corrected chi connectivity index (χ4v) is 3.75. The molecule has 1 aliphatic rings. The van der Waals surface area contributed by atoms with Crippen LogP contribution in [0.5, 0.6) is 5.75 Å². The molecule has 0 radical (unpaired) electrons. The zero-order valence-electron chi connectivity index (χ0n) is 17.3. The van der Waals surface area contributed by atoms with Gasteiger partial charge in [0, 0.05) is 24.7 Å². The van der Waals surface area contributed by atoms with Gasteiger partial charge in [0.15, 0.2) is 0 Å². The highest BCUT2D eigenvalue weighted by Gasteiger charge is 2.44. The Balaban J connectivity index is 1.72. The van der Waals surface area contributed by atoms with E-state index >= 15 is 0 Å². The fraction of sp³-hybridized carbons (Fsp3) is 0.435. The van der Waals surface area contributed by atoms with E-state index in [1.54, 1.807) is 25.4 Å². The molecule has 4 N–H and O–H groups in total. The van der Waals surface area contributed by atoms with Gasteiger partial charge in [-0.05, 0) is 41.3 Å². The summed E-state index contributed by atoms with van der Waals surface area (Å²) in [7, 11) is 1.73. The van der Waals surface area contributed by atoms with Crippen molar-refractivity contribution in [1.29, 1.82) is 0 Å². The first kappa shape index (κ1) is 23.7. The van der Waals surface area contributed by atoms with Crippen LogP contribution >= 0.6 is 11.6 Å². The second-order valence-corrected chi connectivity index (χ2v) is 7.91. The van der Waals surface area contributed by atoms with E-state index in [1.807, 2.05) is 30.3 Å². The Morgan fingerprint density at radius 2 is 1.81 bits per heavy atom. The lowest BCUT2D eigenvalue weighted by Gasteiger charge is -2.40. The fourth-order valence-electron chi connectivity index (χ4n) is 3.57. The van der Waals surface area contributed by atoms with Gasteiger partial charge in [-0.1, -0.05) is 35.9 Å². The van der Waals surface area contributed by atoms with E-state index in [0.717, 1.165) is 23.3 Å². The molecule has 31 heavy (non-hydrogen) atoms. The molecular formula is C23H28ClNO6. The molecule has 0 saturated carbocycles. The molecule has 0 aliphatic carbocycles. The highest BCUT2D eigenvalue weighted by molar-refractivity contribution is 6.31. The number of halogens is 1. The number of aliphatic hydroxyl groups excluding tert-OH is 4. The third-order valence-corrected chi connectivity index (χ3v) is 5.68. The van der Waals surface area contributed by atoms with Gasteiger partial charge >= 0.3 is 0 Å². The summed E-state index contributed by atoms with van der Waals surface area (Å²) in [6.07, 6.45) is -2.90. The quantitative estimate of drug-likeness (QED) is 0.362. The van der Waals surface area contributed by atoms with E-state index < -0.39 is 37.1 Å². The second kappa shape index (κ2) is 11.0. The van der Waals surface area contributed by atoms with Crippen molar-refractivity contribution in [3.8, 4) is 5.75 Å². The molecule has 0 amide bonds. The Labute approximate surface area is 186 Å². The minimum atomic E-state index is -1.42. The summed E-state index contributed by atoms with van der Waals surface area (Å²) in [4.78, 5) is 3.92. The van der Waals surface area contributed by atoms with Crippen molar-refractivity contribution in [1.82, 2.24) is 0 Å². The standard InChI is InChI=1S/C23H28ClNO6/c1-25-9-2-10-30-17-6-3-14(4-7-17)11-16-12-15(5-8-18(16)24)23-22(29)21(28)20(27)19(13-26)31-23/h3-9,12,19-23,26-29H,2,10-11,13H2,1H3/t19-,20-,21+,22-,23+/m1/s1. The maximum Gasteiger partial charge on any atom is 0.119 e. The van der Waals surface area contributed by atoms with Gasteiger partial charge in [-0.2, -0.15) is 0 Å². The summed E-state index contributed by atoms with van der Waals surface area (Å²) in [5.74, 6) is 0.773. The lowest BCUT2D eigenvalue weighted by Crippen LogP contribution is -2.55. The summed E-state index contributed by atoms with van der Waals surface area (Å²) in [6.45, 7) is 0.0885. The normalized spacial score (nSPS) is 26.3. The van der Waals surface area contributed by atoms with Crippen molar-refractivity contribution < 1.29 is 29.9 Å². The number of hydrogen-bond acceptors (Lipinski definition) is 7. The molecule has 1 fully saturated rings. The molecule has 8 heteroatoms. The van der Waals surface area contributed by atoms with Crippen LogP contribution in [0.15, 0.2) is 47.5 Å². The average molecular weight is 450 g/mol. The first-order chi connectivity index (χ1) is 14.9. The third kappa shape index (κ3) is 5.83. The molecule has 1 aliphatic heterocycles. The van der Waals surface area contributed by atoms with Gasteiger partial charge in [-0.15, -0.1) is 0 Å². The number of ether oxygens (including phenoxy) is 2. The average Bonchev–Trinajstić information content (AvgIpc) is 2.78. The minimum absolute atomic E-state index is 0.471. The van der Waals surface area contributed by atoms with Crippen LogP contribution in [-0.2, 0) is 11.2 Å². The highest BCUT2D eigenvalue weighted by Crippen LogP contribution is 2.34. The maximum absolute atomic E-state index is 10.4. The van der Waals surface area contributed by atoms with E-state index in [-0.39, 0.29) is 0 Å². The molecule has 0 aromatic heterocycles. The summed E-state index contributed by atoms with van der Waals surface area (Å²) in [5, 5.41) is 40.4. The van der Waals surface area contributed by atoms with E-state index in [1.165, 1.54) is 0 Å². The molecule has 168 valence electrons. The number of rotatable bonds is 8. The van der Waals surface area contributed by atoms with Crippen molar-refractivity contribution in [2.75, 3.05) is 20.3 Å². The summed E-state index contributed by atoms with van der Waals surface area (Å²) < 4.78 is 11.3. The zero-order valence-corrected chi connectivity index (χ0v) is 18.0. The zero-order chi connectivity index (χ0) is 22.4. The molecule has 5 atom stereocenters. The van der Waals surface area contributed by atoms with Crippen molar-refractivity contribution in [2.24, 2.45) is 4.99 Å². The van der Waals surface area contributed by atoms with E-state index in [9.17, 15) is 20.4 Å². The Bertz CT molecular complexity index is 873. The Morgan fingerprint density at radius 1 is 1.06 bits per heavy atom. The SMILES string of the molecule is CN=CCCOc1ccc(Cc2cc([C@@H]3O[C@H](CO)[C@@H](O)[C@H](O)[C@H]3O)ccc2Cl)cc1. The number of hydrogen-bond donors (Lipinski definition) is 4. The van der Waals surface area contributed by atoms with Crippen molar-refractivity contribution in [3.63, 3.8) is 0 Å². The summed E-state index contributed by atoms with van der Waals surface area (Å²) >= 11 is 6.39. The number of aliphatic imine (C=N–C) groups is 1. The topological polar surface area (TPSA) is 112 Å². The molecule has 3 rings (SSSR count). The van der Waals surface area contributed by atoms with E-state index in [4.69, 9.17) is 21.1 Å². The lowest BCUT2D eigenvalue weighted by molar-refractivity contribution is -0.231. The van der Waals surface area contributed by atoms with Crippen LogP contribution in [0.2, 0.25) is 5.02 Å². The number of benzene rings is 2. The first-order valence-corrected chi connectivity index (χ1v) is 10.5. The van der Waals surface area contributed by atoms with Crippen LogP contribution in [0.1, 0.15) is 29.2 Å². The third-order valence-electron chi connectivity index (χ3n) is 5.31. The Hall–Kier alpha value is -2.00. The van der Waals surface area contributed by atoms with Gasteiger partial charge in [-0.3, -0.25) is 0 Å². The highest BCUT2D eigenvalue weighted by atomic mass is 35.5. The first-order valence-electron chi connectivity index (χ1n) is 10.2. The molecule has 0 bridgehead atoms. The Morgan fingerprint density at radius 3 is 2.48 bits per heavy atom. The lowest BCUT2D eigenvalue weighted by atomic mass is 9.90. The monoisotopic (exact) mass is 449 g/mol. The smallest absolute Gasteiger partial charge is 0.119 e. The van der Waals surface area contributed by atoms with Crippen molar-refractivity contribution >= 4 is 17.8 Å². The van der Waals surface area contributed by atoms with E-state index in [2.05, 4.69) is 4.99 Å². The van der Waals surface area contributed by atoms with Crippen LogP contribution in [0.25, 0.3) is 0 Å². The van der Waals surface area contributed by atoms with Gasteiger partial charge in [-0.25, -0.2) is 0 Å². The van der Waals surface area contributed by atoms with Crippen LogP contribution < -0.4 is 4.74 Å². The van der Waals surface area contributed by atoms with Crippen LogP contribution in [0.3, 0.4) is 0 Å². The maximum atomic E-state index is 10.4. The summed E-state index contributed by atoms with van der Waals surface area (Å²) in [6, 6.07) is 12.9. The predicted molar refractivity (Wildman–Crippen MR) is 118 cm³/mol. The van der Waals surface area contributed by atoms with Gasteiger partial charge in [0.1, 0.15) is 36.3 Å². The minimum Gasteiger partial charge on any atom is -0.493 e. The molecule has 0 unspecified atom stereocenters. The molecule has 0 spiro atoms. The van der Waals surface area contributed by atoms with Crippen LogP contribution in [-0.4, -0.2) is 71.3 Å². The molecule has 1 saturated heterocycles. The van der Waals surface area contributed by atoms with Gasteiger partial charge in [0.25, 0.3) is 0 Å². The second-order valence-electron chi connectivity index (χ2n) is 7.50. The summed E-state index contributed by atoms with van der Waals surface area (Å²) in [5.41, 5.74) is 2.45. The molecule has 7 nitrogen and oxygen atoms in total. The van der Waals surface area contributed by atoms with Gasteiger partial charge < -0.3 is 34.9 Å². The molecule has 2 aromatic carbocycles. The van der Waals surface area contributed by atoms with Crippen molar-refractivity contribution in [3.05, 3.63) is 64.2 Å². The Kier molecular flexibility index (Phi) is 8.43. The predicted octanol–water partition coefficient (Wildman–Crippen LogP) is 1.92. The van der Waals surface area contributed by atoms with E-state index in [0.29, 0.717) is 23.6 Å². The van der Waals surface area contributed by atoms with Crippen LogP contribution in [0, 0.1) is 0 Å². The van der Waals surface area contributed by atoms with Crippen LogP contribution in [0.4, 0.5) is 0 Å². The van der Waals surface area contributed by atoms with Crippen molar-refractivity contribution in [2.45, 2.75) is 43.4 Å². The number of aliphatic hydroxyl groups is 4. The molecular weight excluding hydrogens is 422 g/mol.